The van der Waals surface area contributed by atoms with Crippen molar-refractivity contribution in [3.05, 3.63) is 58.1 Å². The fraction of sp³-hybridized carbons (Fsp3) is 0.360. The maximum atomic E-state index is 12.9. The van der Waals surface area contributed by atoms with E-state index in [1.54, 1.807) is 0 Å². The number of nitro benzene ring substituents is 1. The zero-order valence-electron chi connectivity index (χ0n) is 19.8. The lowest BCUT2D eigenvalue weighted by Crippen LogP contribution is -2.30. The summed E-state index contributed by atoms with van der Waals surface area (Å²) >= 11 is 0. The van der Waals surface area contributed by atoms with E-state index >= 15 is 0 Å². The van der Waals surface area contributed by atoms with Gasteiger partial charge in [-0.3, -0.25) is 29.4 Å². The highest BCUT2D eigenvalue weighted by Gasteiger charge is 2.49. The van der Waals surface area contributed by atoms with E-state index in [2.05, 4.69) is 12.2 Å². The fourth-order valence-electron chi connectivity index (χ4n) is 4.69. The molecule has 3 atom stereocenters. The molecule has 2 aromatic rings. The third-order valence-corrected chi connectivity index (χ3v) is 6.56. The number of methoxy groups -OCH3 is 1. The summed E-state index contributed by atoms with van der Waals surface area (Å²) in [7, 11) is 1.38. The first-order valence-corrected chi connectivity index (χ1v) is 11.5. The van der Waals surface area contributed by atoms with Gasteiger partial charge in [-0.25, -0.2) is 4.79 Å². The number of esters is 1. The molecule has 1 aliphatic carbocycles. The number of hydrogen-bond acceptors (Lipinski definition) is 8. The van der Waals surface area contributed by atoms with Crippen molar-refractivity contribution in [1.29, 1.82) is 0 Å². The van der Waals surface area contributed by atoms with E-state index in [0.29, 0.717) is 30.2 Å². The fourth-order valence-corrected chi connectivity index (χ4v) is 4.69. The van der Waals surface area contributed by atoms with Crippen molar-refractivity contribution in [3.63, 3.8) is 0 Å². The third kappa shape index (κ3) is 4.90. The van der Waals surface area contributed by atoms with Crippen LogP contribution in [0.15, 0.2) is 42.5 Å². The summed E-state index contributed by atoms with van der Waals surface area (Å²) < 4.78 is 10.0. The number of amides is 3. The van der Waals surface area contributed by atoms with Crippen LogP contribution in [0, 0.1) is 27.9 Å². The number of imide groups is 1. The number of benzene rings is 2. The van der Waals surface area contributed by atoms with Gasteiger partial charge in [-0.2, -0.15) is 0 Å². The zero-order valence-corrected chi connectivity index (χ0v) is 19.8. The maximum Gasteiger partial charge on any atom is 0.338 e. The third-order valence-electron chi connectivity index (χ3n) is 6.56. The van der Waals surface area contributed by atoms with Crippen LogP contribution in [0.2, 0.25) is 0 Å². The van der Waals surface area contributed by atoms with E-state index in [0.717, 1.165) is 6.42 Å². The first kappa shape index (κ1) is 24.8. The summed E-state index contributed by atoms with van der Waals surface area (Å²) in [6.07, 6.45) is 2.30. The van der Waals surface area contributed by atoms with Crippen LogP contribution in [-0.2, 0) is 19.1 Å². The number of anilines is 2. The largest absolute Gasteiger partial charge is 0.497 e. The van der Waals surface area contributed by atoms with Crippen LogP contribution in [0.3, 0.4) is 0 Å². The molecule has 0 radical (unpaired) electrons. The molecule has 188 valence electrons. The topological polar surface area (TPSA) is 145 Å². The van der Waals surface area contributed by atoms with Gasteiger partial charge in [0.05, 0.1) is 35.1 Å². The number of carbonyl (C=O) groups is 4. The number of ether oxygens (including phenoxy) is 2. The Morgan fingerprint density at radius 2 is 1.78 bits per heavy atom. The van der Waals surface area contributed by atoms with Gasteiger partial charge in [0.15, 0.2) is 6.61 Å². The Morgan fingerprint density at radius 3 is 2.44 bits per heavy atom. The Kier molecular flexibility index (Phi) is 7.00. The molecule has 11 heteroatoms. The summed E-state index contributed by atoms with van der Waals surface area (Å²) in [6.45, 7) is 1.40. The van der Waals surface area contributed by atoms with Crippen molar-refractivity contribution in [2.24, 2.45) is 17.8 Å². The quantitative estimate of drug-likeness (QED) is 0.266. The summed E-state index contributed by atoms with van der Waals surface area (Å²) in [5, 5.41) is 13.5. The highest BCUT2D eigenvalue weighted by molar-refractivity contribution is 6.22. The van der Waals surface area contributed by atoms with E-state index in [-0.39, 0.29) is 40.6 Å². The predicted molar refractivity (Wildman–Crippen MR) is 127 cm³/mol. The number of hydrogen-bond donors (Lipinski definition) is 1. The summed E-state index contributed by atoms with van der Waals surface area (Å²) in [5.74, 6) is -1.91. The molecule has 1 aliphatic heterocycles. The molecule has 1 saturated carbocycles. The summed E-state index contributed by atoms with van der Waals surface area (Å²) in [6, 6.07) is 9.66. The second-order valence-corrected chi connectivity index (χ2v) is 8.95. The van der Waals surface area contributed by atoms with Gasteiger partial charge in [0, 0.05) is 12.1 Å². The lowest BCUT2D eigenvalue weighted by atomic mass is 9.76. The molecule has 0 bridgehead atoms. The molecule has 1 heterocycles. The normalized spacial score (nSPS) is 21.1. The van der Waals surface area contributed by atoms with Crippen LogP contribution in [0.1, 0.15) is 36.5 Å². The standard InChI is InChI=1S/C25H25N3O8/c1-14-3-9-18-19(11-14)24(31)27(23(18)30)16-6-4-15(5-7-16)25(32)36-13-22(29)26-20-12-17(35-2)8-10-21(20)28(33)34/h4-8,10,12,14,18-19H,3,9,11,13H2,1-2H3,(H,26,29)/t14-,18-,19-/m1/s1. The Morgan fingerprint density at radius 1 is 1.08 bits per heavy atom. The Balaban J connectivity index is 1.37. The van der Waals surface area contributed by atoms with Crippen molar-refractivity contribution in [3.8, 4) is 5.75 Å². The number of rotatable bonds is 7. The van der Waals surface area contributed by atoms with Gasteiger partial charge in [-0.05, 0) is 55.5 Å². The van der Waals surface area contributed by atoms with Gasteiger partial charge in [-0.15, -0.1) is 0 Å². The first-order chi connectivity index (χ1) is 17.2. The molecule has 1 N–H and O–H groups in total. The molecule has 0 aromatic heterocycles. The average Bonchev–Trinajstić information content (AvgIpc) is 3.11. The minimum absolute atomic E-state index is 0.0975. The molecule has 11 nitrogen and oxygen atoms in total. The minimum Gasteiger partial charge on any atom is -0.497 e. The van der Waals surface area contributed by atoms with Gasteiger partial charge >= 0.3 is 5.97 Å². The van der Waals surface area contributed by atoms with Gasteiger partial charge in [0.25, 0.3) is 11.6 Å². The molecule has 4 rings (SSSR count). The van der Waals surface area contributed by atoms with E-state index in [1.165, 1.54) is 54.5 Å². The zero-order chi connectivity index (χ0) is 26.0. The smallest absolute Gasteiger partial charge is 0.338 e. The molecule has 2 fully saturated rings. The molecular formula is C25H25N3O8. The molecule has 0 spiro atoms. The van der Waals surface area contributed by atoms with Gasteiger partial charge in [0.2, 0.25) is 11.8 Å². The van der Waals surface area contributed by atoms with Crippen LogP contribution in [0.25, 0.3) is 0 Å². The second kappa shape index (κ2) is 10.1. The van der Waals surface area contributed by atoms with Crippen LogP contribution >= 0.6 is 0 Å². The highest BCUT2D eigenvalue weighted by atomic mass is 16.6. The second-order valence-electron chi connectivity index (χ2n) is 8.95. The first-order valence-electron chi connectivity index (χ1n) is 11.5. The number of nitrogens with zero attached hydrogens (tertiary/aromatic N) is 2. The highest BCUT2D eigenvalue weighted by Crippen LogP contribution is 2.42. The lowest BCUT2D eigenvalue weighted by Gasteiger charge is -2.25. The molecule has 36 heavy (non-hydrogen) atoms. The molecule has 2 aromatic carbocycles. The monoisotopic (exact) mass is 495 g/mol. The minimum atomic E-state index is -0.807. The van der Waals surface area contributed by atoms with Gasteiger partial charge in [0.1, 0.15) is 11.4 Å². The molecule has 0 unspecified atom stereocenters. The van der Waals surface area contributed by atoms with Crippen LogP contribution in [0.5, 0.6) is 5.75 Å². The Hall–Kier alpha value is -4.28. The van der Waals surface area contributed by atoms with E-state index < -0.39 is 23.4 Å². The van der Waals surface area contributed by atoms with Gasteiger partial charge in [-0.1, -0.05) is 6.92 Å². The summed E-state index contributed by atoms with van der Waals surface area (Å²) in [5.41, 5.74) is 0.0572. The molecule has 3 amide bonds. The van der Waals surface area contributed by atoms with Crippen LogP contribution in [0.4, 0.5) is 17.1 Å². The van der Waals surface area contributed by atoms with Crippen molar-refractivity contribution in [2.45, 2.75) is 26.2 Å². The number of carbonyl (C=O) groups excluding carboxylic acids is 4. The predicted octanol–water partition coefficient (Wildman–Crippen LogP) is 3.32. The van der Waals surface area contributed by atoms with E-state index in [1.807, 2.05) is 0 Å². The Bertz CT molecular complexity index is 1230. The summed E-state index contributed by atoms with van der Waals surface area (Å²) in [4.78, 5) is 62.1. The lowest BCUT2D eigenvalue weighted by molar-refractivity contribution is -0.383. The van der Waals surface area contributed by atoms with Crippen molar-refractivity contribution in [1.82, 2.24) is 0 Å². The molecular weight excluding hydrogens is 470 g/mol. The Labute approximate surface area is 206 Å². The molecule has 2 aliphatic rings. The number of nitrogens with one attached hydrogen (secondary N) is 1. The van der Waals surface area contributed by atoms with Crippen molar-refractivity contribution < 1.29 is 33.6 Å². The van der Waals surface area contributed by atoms with Crippen molar-refractivity contribution in [2.75, 3.05) is 23.9 Å². The van der Waals surface area contributed by atoms with Gasteiger partial charge < -0.3 is 14.8 Å². The molecule has 1 saturated heterocycles. The van der Waals surface area contributed by atoms with E-state index in [9.17, 15) is 29.3 Å². The maximum absolute atomic E-state index is 12.9. The number of nitro groups is 1. The SMILES string of the molecule is COc1ccc([N+](=O)[O-])c(NC(=O)COC(=O)c2ccc(N3C(=O)[C@@H]4CC[C@@H](C)C[C@H]4C3=O)cc2)c1. The van der Waals surface area contributed by atoms with Crippen molar-refractivity contribution >= 4 is 40.8 Å². The van der Waals surface area contributed by atoms with E-state index in [4.69, 9.17) is 9.47 Å². The van der Waals surface area contributed by atoms with Crippen LogP contribution in [-0.4, -0.2) is 42.3 Å². The average molecular weight is 495 g/mol. The van der Waals surface area contributed by atoms with Crippen LogP contribution < -0.4 is 15.0 Å². The number of fused-ring (bicyclic) bond motifs is 1.